The van der Waals surface area contributed by atoms with E-state index in [2.05, 4.69) is 25.5 Å². The van der Waals surface area contributed by atoms with Crippen LogP contribution in [0.4, 0.5) is 5.13 Å². The molecule has 0 saturated heterocycles. The maximum absolute atomic E-state index is 12.2. The van der Waals surface area contributed by atoms with Crippen molar-refractivity contribution < 1.29 is 4.79 Å². The molecule has 0 fully saturated rings. The van der Waals surface area contributed by atoms with Crippen LogP contribution in [0.15, 0.2) is 22.9 Å². The second-order valence-electron chi connectivity index (χ2n) is 3.47. The molecule has 0 saturated carbocycles. The molecule has 0 aliphatic carbocycles. The Hall–Kier alpha value is -2.09. The summed E-state index contributed by atoms with van der Waals surface area (Å²) in [4.78, 5) is 12.2. The molecule has 1 unspecified atom stereocenters. The minimum atomic E-state index is -0.279. The third-order valence-corrected chi connectivity index (χ3v) is 3.14. The van der Waals surface area contributed by atoms with Crippen LogP contribution in [0.25, 0.3) is 0 Å². The summed E-state index contributed by atoms with van der Waals surface area (Å²) >= 11 is 1.28. The number of hydrazone groups is 1. The molecule has 1 amide bonds. The number of rotatable bonds is 2. The van der Waals surface area contributed by atoms with E-state index < -0.39 is 0 Å². The van der Waals surface area contributed by atoms with Crippen LogP contribution in [0.3, 0.4) is 0 Å². The minimum absolute atomic E-state index is 0.117. The fourth-order valence-electron chi connectivity index (χ4n) is 1.66. The lowest BCUT2D eigenvalue weighted by atomic mass is 10.0. The van der Waals surface area contributed by atoms with E-state index in [1.807, 2.05) is 0 Å². The maximum Gasteiger partial charge on any atom is 0.259 e. The fraction of sp³-hybridized carbons (Fsp3) is 0.222. The average molecular weight is 248 g/mol. The maximum atomic E-state index is 12.2. The zero-order valence-corrected chi connectivity index (χ0v) is 9.46. The van der Waals surface area contributed by atoms with Gasteiger partial charge in [-0.2, -0.15) is 15.2 Å². The van der Waals surface area contributed by atoms with Crippen LogP contribution in [0.5, 0.6) is 0 Å². The van der Waals surface area contributed by atoms with Crippen molar-refractivity contribution in [2.75, 3.05) is 5.01 Å². The Morgan fingerprint density at radius 3 is 3.18 bits per heavy atom. The molecule has 8 heteroatoms. The predicted octanol–water partition coefficient (Wildman–Crippen LogP) is 0.767. The van der Waals surface area contributed by atoms with E-state index in [1.54, 1.807) is 24.0 Å². The molecule has 0 aromatic carbocycles. The van der Waals surface area contributed by atoms with Gasteiger partial charge in [0.05, 0.1) is 5.92 Å². The van der Waals surface area contributed by atoms with Gasteiger partial charge in [0.1, 0.15) is 5.51 Å². The highest BCUT2D eigenvalue weighted by atomic mass is 32.1. The Labute approximate surface area is 100 Å². The number of amides is 1. The highest BCUT2D eigenvalue weighted by Gasteiger charge is 2.31. The van der Waals surface area contributed by atoms with Crippen molar-refractivity contribution in [3.8, 4) is 0 Å². The largest absolute Gasteiger partial charge is 0.282 e. The summed E-state index contributed by atoms with van der Waals surface area (Å²) in [7, 11) is 0. The first-order chi connectivity index (χ1) is 8.36. The van der Waals surface area contributed by atoms with Gasteiger partial charge in [0.15, 0.2) is 0 Å². The number of nitrogens with one attached hydrogen (secondary N) is 1. The first-order valence-electron chi connectivity index (χ1n) is 4.98. The zero-order chi connectivity index (χ0) is 11.7. The summed E-state index contributed by atoms with van der Waals surface area (Å²) < 4.78 is 0. The van der Waals surface area contributed by atoms with Crippen LogP contribution in [-0.4, -0.2) is 32.5 Å². The van der Waals surface area contributed by atoms with Crippen LogP contribution in [0.2, 0.25) is 0 Å². The first kappa shape index (κ1) is 10.1. The van der Waals surface area contributed by atoms with Crippen LogP contribution >= 0.6 is 11.3 Å². The van der Waals surface area contributed by atoms with Crippen LogP contribution in [0, 0.1) is 0 Å². The van der Waals surface area contributed by atoms with Gasteiger partial charge < -0.3 is 0 Å². The quantitative estimate of drug-likeness (QED) is 0.850. The lowest BCUT2D eigenvalue weighted by molar-refractivity contribution is -0.120. The molecular formula is C9H8N6OS. The fourth-order valence-corrected chi connectivity index (χ4v) is 2.18. The number of aromatic nitrogens is 4. The van der Waals surface area contributed by atoms with E-state index >= 15 is 0 Å². The second-order valence-corrected chi connectivity index (χ2v) is 4.28. The van der Waals surface area contributed by atoms with Crippen LogP contribution in [0.1, 0.15) is 18.0 Å². The molecule has 7 nitrogen and oxygen atoms in total. The van der Waals surface area contributed by atoms with Gasteiger partial charge in [0, 0.05) is 24.5 Å². The molecule has 3 heterocycles. The molecule has 17 heavy (non-hydrogen) atoms. The molecule has 2 aromatic rings. The van der Waals surface area contributed by atoms with E-state index in [4.69, 9.17) is 0 Å². The van der Waals surface area contributed by atoms with E-state index in [1.165, 1.54) is 16.3 Å². The van der Waals surface area contributed by atoms with Crippen LogP contribution < -0.4 is 5.01 Å². The van der Waals surface area contributed by atoms with Gasteiger partial charge >= 0.3 is 0 Å². The minimum Gasteiger partial charge on any atom is -0.282 e. The van der Waals surface area contributed by atoms with Gasteiger partial charge in [-0.1, -0.05) is 11.3 Å². The molecule has 0 radical (unpaired) electrons. The average Bonchev–Trinajstić information content (AvgIpc) is 3.02. The number of carbonyl (C=O) groups excluding carboxylic acids is 1. The van der Waals surface area contributed by atoms with Gasteiger partial charge in [-0.05, 0) is 6.07 Å². The Balaban J connectivity index is 1.92. The number of hydrogen-bond acceptors (Lipinski definition) is 6. The molecule has 2 aromatic heterocycles. The van der Waals surface area contributed by atoms with E-state index in [-0.39, 0.29) is 11.8 Å². The summed E-state index contributed by atoms with van der Waals surface area (Å²) in [5, 5.41) is 20.0. The summed E-state index contributed by atoms with van der Waals surface area (Å²) in [5.41, 5.74) is 2.36. The van der Waals surface area contributed by atoms with Gasteiger partial charge in [-0.3, -0.25) is 9.89 Å². The summed E-state index contributed by atoms with van der Waals surface area (Å²) in [6.07, 6.45) is 3.90. The summed E-state index contributed by atoms with van der Waals surface area (Å²) in [6.45, 7) is 0. The summed E-state index contributed by atoms with van der Waals surface area (Å²) in [6, 6.07) is 1.79. The van der Waals surface area contributed by atoms with Crippen molar-refractivity contribution in [2.24, 2.45) is 5.10 Å². The van der Waals surface area contributed by atoms with Crippen molar-refractivity contribution in [3.05, 3.63) is 23.5 Å². The standard InChI is InChI=1S/C9H8N6OS/c16-8-6(7-2-3-10-13-7)1-4-12-15(8)9-14-11-5-17-9/h2-6H,1H2,(H,10,13). The Morgan fingerprint density at radius 2 is 2.47 bits per heavy atom. The number of hydrogen-bond donors (Lipinski definition) is 1. The Kier molecular flexibility index (Phi) is 2.41. The van der Waals surface area contributed by atoms with Gasteiger partial charge in [-0.25, -0.2) is 0 Å². The molecule has 1 aliphatic rings. The van der Waals surface area contributed by atoms with Crippen molar-refractivity contribution in [1.29, 1.82) is 0 Å². The topological polar surface area (TPSA) is 87.1 Å². The van der Waals surface area contributed by atoms with E-state index in [0.29, 0.717) is 11.6 Å². The van der Waals surface area contributed by atoms with Crippen LogP contribution in [-0.2, 0) is 4.79 Å². The van der Waals surface area contributed by atoms with Crippen molar-refractivity contribution >= 4 is 28.6 Å². The normalized spacial score (nSPS) is 19.9. The smallest absolute Gasteiger partial charge is 0.259 e. The van der Waals surface area contributed by atoms with E-state index in [0.717, 1.165) is 5.69 Å². The number of anilines is 1. The molecule has 86 valence electrons. The number of carbonyl (C=O) groups is 1. The van der Waals surface area contributed by atoms with Crippen molar-refractivity contribution in [1.82, 2.24) is 20.4 Å². The summed E-state index contributed by atoms with van der Waals surface area (Å²) in [5.74, 6) is -0.396. The second kappa shape index (κ2) is 4.06. The Morgan fingerprint density at radius 1 is 1.53 bits per heavy atom. The van der Waals surface area contributed by atoms with Gasteiger partial charge in [-0.15, -0.1) is 10.2 Å². The predicted molar refractivity (Wildman–Crippen MR) is 61.8 cm³/mol. The third-order valence-electron chi connectivity index (χ3n) is 2.47. The van der Waals surface area contributed by atoms with Gasteiger partial charge in [0.25, 0.3) is 5.91 Å². The highest BCUT2D eigenvalue weighted by molar-refractivity contribution is 7.13. The molecule has 0 spiro atoms. The number of aromatic amines is 1. The zero-order valence-electron chi connectivity index (χ0n) is 8.65. The number of H-pyrrole nitrogens is 1. The van der Waals surface area contributed by atoms with Gasteiger partial charge in [0.2, 0.25) is 5.13 Å². The molecule has 0 bridgehead atoms. The molecule has 1 atom stereocenters. The SMILES string of the molecule is O=C1C(c2ccn[nH]2)CC=NN1c1nncs1. The molecule has 3 rings (SSSR count). The lowest BCUT2D eigenvalue weighted by Gasteiger charge is -2.22. The first-order valence-corrected chi connectivity index (χ1v) is 5.86. The highest BCUT2D eigenvalue weighted by Crippen LogP contribution is 2.27. The molecule has 1 aliphatic heterocycles. The Bertz CT molecular complexity index is 534. The molecular weight excluding hydrogens is 240 g/mol. The van der Waals surface area contributed by atoms with Crippen molar-refractivity contribution in [3.63, 3.8) is 0 Å². The third kappa shape index (κ3) is 1.72. The molecule has 1 N–H and O–H groups in total. The number of nitrogens with zero attached hydrogens (tertiary/aromatic N) is 5. The monoisotopic (exact) mass is 248 g/mol. The lowest BCUT2D eigenvalue weighted by Crippen LogP contribution is -2.34. The van der Waals surface area contributed by atoms with E-state index in [9.17, 15) is 4.79 Å². The van der Waals surface area contributed by atoms with Crippen molar-refractivity contribution in [2.45, 2.75) is 12.3 Å².